The zero-order valence-corrected chi connectivity index (χ0v) is 19.3. The van der Waals surface area contributed by atoms with Crippen LogP contribution in [0.15, 0.2) is 27.2 Å². The number of aromatic nitrogens is 2. The highest BCUT2D eigenvalue weighted by Gasteiger charge is 2.23. The molecule has 2 N–H and O–H groups in total. The van der Waals surface area contributed by atoms with E-state index in [4.69, 9.17) is 10.3 Å². The Kier molecular flexibility index (Phi) is 9.82. The van der Waals surface area contributed by atoms with Crippen LogP contribution in [0, 0.1) is 0 Å². The van der Waals surface area contributed by atoms with Crippen LogP contribution in [-0.4, -0.2) is 23.2 Å². The Hall–Kier alpha value is -1.73. The van der Waals surface area contributed by atoms with Gasteiger partial charge in [-0.3, -0.25) is 0 Å². The first-order valence-corrected chi connectivity index (χ1v) is 10.5. The average molecular weight is 454 g/mol. The monoisotopic (exact) mass is 453 g/mol. The van der Waals surface area contributed by atoms with E-state index >= 15 is 0 Å². The van der Waals surface area contributed by atoms with E-state index in [0.717, 1.165) is 6.42 Å². The fraction of sp³-hybridized carbons (Fsp3) is 0.571. The number of methoxy groups -OCH3 is 1. The van der Waals surface area contributed by atoms with Gasteiger partial charge in [0.15, 0.2) is 5.82 Å². The van der Waals surface area contributed by atoms with Gasteiger partial charge in [-0.25, -0.2) is 4.79 Å². The van der Waals surface area contributed by atoms with Crippen molar-refractivity contribution in [3.8, 4) is 0 Å². The van der Waals surface area contributed by atoms with Crippen LogP contribution in [0.4, 0.5) is 0 Å². The molecule has 156 valence electrons. The van der Waals surface area contributed by atoms with Crippen LogP contribution in [0.1, 0.15) is 87.6 Å². The highest BCUT2D eigenvalue weighted by molar-refractivity contribution is 9.10. The summed E-state index contributed by atoms with van der Waals surface area (Å²) in [6, 6.07) is 6.71. The lowest BCUT2D eigenvalue weighted by molar-refractivity contribution is 0.0545. The molecule has 1 unspecified atom stereocenters. The van der Waals surface area contributed by atoms with Crippen LogP contribution in [0.5, 0.6) is 0 Å². The van der Waals surface area contributed by atoms with Gasteiger partial charge in [0.1, 0.15) is 0 Å². The molecule has 6 nitrogen and oxygen atoms in total. The molecule has 1 aromatic heterocycles. The summed E-state index contributed by atoms with van der Waals surface area (Å²) in [6.45, 7) is 9.79. The highest BCUT2D eigenvalue weighted by atomic mass is 79.9. The Bertz CT molecular complexity index is 754. The minimum atomic E-state index is -0.608. The molecule has 0 radical (unpaired) electrons. The first-order chi connectivity index (χ1) is 13.2. The van der Waals surface area contributed by atoms with E-state index in [1.165, 1.54) is 42.0 Å². The van der Waals surface area contributed by atoms with Crippen LogP contribution in [0.25, 0.3) is 0 Å². The second kappa shape index (κ2) is 11.3. The summed E-state index contributed by atoms with van der Waals surface area (Å²) in [5, 5.41) is 3.67. The minimum absolute atomic E-state index is 0.104. The number of carbonyl (C=O) groups is 1. The molecule has 1 atom stereocenters. The summed E-state index contributed by atoms with van der Waals surface area (Å²) in [5.41, 5.74) is 8.63. The van der Waals surface area contributed by atoms with Gasteiger partial charge < -0.3 is 15.0 Å². The third kappa shape index (κ3) is 7.02. The number of hydrogen-bond acceptors (Lipinski definition) is 6. The summed E-state index contributed by atoms with van der Waals surface area (Å²) in [5.74, 6) is -0.219. The van der Waals surface area contributed by atoms with Gasteiger partial charge in [-0.05, 0) is 42.5 Å². The topological polar surface area (TPSA) is 91.2 Å². The number of fused-ring (bicyclic) bond motifs is 1. The summed E-state index contributed by atoms with van der Waals surface area (Å²) in [6.07, 6.45) is 4.85. The predicted molar refractivity (Wildman–Crippen MR) is 114 cm³/mol. The van der Waals surface area contributed by atoms with Crippen molar-refractivity contribution >= 4 is 21.9 Å². The summed E-state index contributed by atoms with van der Waals surface area (Å²) in [7, 11) is 1.27. The lowest BCUT2D eigenvalue weighted by Gasteiger charge is -2.12. The van der Waals surface area contributed by atoms with Crippen molar-refractivity contribution < 1.29 is 14.1 Å². The minimum Gasteiger partial charge on any atom is -0.462 e. The fourth-order valence-corrected chi connectivity index (χ4v) is 3.09. The van der Waals surface area contributed by atoms with Crippen molar-refractivity contribution in [2.75, 3.05) is 7.11 Å². The van der Waals surface area contributed by atoms with Crippen LogP contribution in [-0.2, 0) is 16.6 Å². The Morgan fingerprint density at radius 1 is 1.29 bits per heavy atom. The van der Waals surface area contributed by atoms with Crippen molar-refractivity contribution in [2.45, 2.75) is 71.8 Å². The molecule has 1 aromatic carbocycles. The maximum absolute atomic E-state index is 10.9. The number of ether oxygens (including phenoxy) is 1. The lowest BCUT2D eigenvalue weighted by atomic mass is 9.96. The maximum Gasteiger partial charge on any atom is 0.397 e. The Morgan fingerprint density at radius 2 is 1.96 bits per heavy atom. The summed E-state index contributed by atoms with van der Waals surface area (Å²) in [4.78, 5) is 14.8. The number of aryl methyl sites for hydroxylation is 1. The van der Waals surface area contributed by atoms with Crippen molar-refractivity contribution in [2.24, 2.45) is 5.73 Å². The van der Waals surface area contributed by atoms with Gasteiger partial charge in [0, 0.05) is 15.9 Å². The zero-order chi connectivity index (χ0) is 21.3. The molecule has 0 aliphatic heterocycles. The number of halogens is 1. The smallest absolute Gasteiger partial charge is 0.397 e. The number of rotatable bonds is 1. The van der Waals surface area contributed by atoms with Gasteiger partial charge >= 0.3 is 11.9 Å². The van der Waals surface area contributed by atoms with Gasteiger partial charge in [0.2, 0.25) is 0 Å². The summed E-state index contributed by atoms with van der Waals surface area (Å²) >= 11 is 3.50. The second-order valence-electron chi connectivity index (χ2n) is 7.36. The number of nitrogens with zero attached hydrogens (tertiary/aromatic N) is 2. The zero-order valence-electron chi connectivity index (χ0n) is 17.7. The number of esters is 1. The van der Waals surface area contributed by atoms with Crippen molar-refractivity contribution in [3.05, 3.63) is 45.5 Å². The molecule has 0 amide bonds. The van der Waals surface area contributed by atoms with Crippen molar-refractivity contribution in [1.29, 1.82) is 0 Å². The number of hydrogen-bond donors (Lipinski definition) is 1. The molecule has 3 rings (SSSR count). The molecule has 0 saturated carbocycles. The van der Waals surface area contributed by atoms with E-state index in [0.29, 0.717) is 5.82 Å². The first-order valence-electron chi connectivity index (χ1n) is 9.68. The highest BCUT2D eigenvalue weighted by Crippen LogP contribution is 2.28. The maximum atomic E-state index is 10.9. The molecule has 1 aliphatic carbocycles. The third-order valence-corrected chi connectivity index (χ3v) is 4.67. The number of carbonyl (C=O) groups excluding carboxylic acids is 1. The standard InChI is InChI=1S/C11H14BrN.C8H12N2O3.C2H6/c12-9-5-6-10-8(7-9)3-1-2-4-11(10)13;1-8(2,3)7-9-5(13-10-7)6(11)12-4;1-2/h5-7,11H,1-4,13H2;1-4H3;1-2H3. The molecule has 2 aromatic rings. The Morgan fingerprint density at radius 3 is 2.54 bits per heavy atom. The number of nitrogens with two attached hydrogens (primary N) is 1. The van der Waals surface area contributed by atoms with E-state index in [9.17, 15) is 4.79 Å². The van der Waals surface area contributed by atoms with Crippen molar-refractivity contribution in [3.63, 3.8) is 0 Å². The van der Waals surface area contributed by atoms with Gasteiger partial charge in [0.25, 0.3) is 0 Å². The van der Waals surface area contributed by atoms with Crippen LogP contribution in [0.3, 0.4) is 0 Å². The molecule has 0 saturated heterocycles. The van der Waals surface area contributed by atoms with E-state index < -0.39 is 5.97 Å². The largest absolute Gasteiger partial charge is 0.462 e. The van der Waals surface area contributed by atoms with Gasteiger partial charge in [-0.15, -0.1) is 0 Å². The van der Waals surface area contributed by atoms with E-state index in [1.807, 2.05) is 34.6 Å². The molecule has 28 heavy (non-hydrogen) atoms. The SMILES string of the molecule is CC.COC(=O)c1nc(C(C)(C)C)no1.NC1CCCCc2cc(Br)ccc21. The summed E-state index contributed by atoms with van der Waals surface area (Å²) < 4.78 is 10.3. The van der Waals surface area contributed by atoms with Crippen LogP contribution >= 0.6 is 15.9 Å². The molecule has 0 bridgehead atoms. The van der Waals surface area contributed by atoms with Gasteiger partial charge in [-0.2, -0.15) is 4.98 Å². The molecular formula is C21H32BrN3O3. The molecular weight excluding hydrogens is 422 g/mol. The van der Waals surface area contributed by atoms with Crippen molar-refractivity contribution in [1.82, 2.24) is 10.1 Å². The normalized spacial score (nSPS) is 15.8. The molecule has 0 fully saturated rings. The van der Waals surface area contributed by atoms with E-state index in [2.05, 4.69) is 49.0 Å². The Labute approximate surface area is 176 Å². The fourth-order valence-electron chi connectivity index (χ4n) is 2.69. The third-order valence-electron chi connectivity index (χ3n) is 4.17. The number of benzene rings is 1. The van der Waals surface area contributed by atoms with Crippen LogP contribution in [0.2, 0.25) is 0 Å². The first kappa shape index (κ1) is 24.3. The molecule has 7 heteroatoms. The quantitative estimate of drug-likeness (QED) is 0.461. The predicted octanol–water partition coefficient (Wildman–Crippen LogP) is 5.36. The Balaban J connectivity index is 0.000000257. The van der Waals surface area contributed by atoms with Gasteiger partial charge in [0.05, 0.1) is 7.11 Å². The van der Waals surface area contributed by atoms with E-state index in [1.54, 1.807) is 0 Å². The van der Waals surface area contributed by atoms with Gasteiger partial charge in [-0.1, -0.05) is 68.2 Å². The average Bonchev–Trinajstić information content (AvgIpc) is 3.10. The van der Waals surface area contributed by atoms with E-state index in [-0.39, 0.29) is 17.3 Å². The van der Waals surface area contributed by atoms with Crippen LogP contribution < -0.4 is 5.73 Å². The molecule has 1 heterocycles. The lowest BCUT2D eigenvalue weighted by Crippen LogP contribution is -2.13. The molecule has 1 aliphatic rings. The molecule has 0 spiro atoms. The second-order valence-corrected chi connectivity index (χ2v) is 8.28.